The Labute approximate surface area is 191 Å². The van der Waals surface area contributed by atoms with Crippen LogP contribution in [-0.2, 0) is 6.42 Å². The summed E-state index contributed by atoms with van der Waals surface area (Å²) in [5.41, 5.74) is 5.81. The number of hydrogen-bond donors (Lipinski definition) is 2. The number of nitrogens with one attached hydrogen (secondary N) is 1. The van der Waals surface area contributed by atoms with E-state index in [1.807, 2.05) is 12.1 Å². The molecule has 3 atom stereocenters. The number of allylic oxidation sites excluding steroid dienone is 1. The third-order valence-electron chi connectivity index (χ3n) is 7.71. The molecule has 1 fully saturated rings. The van der Waals surface area contributed by atoms with E-state index in [1.165, 1.54) is 23.1 Å². The third-order valence-corrected chi connectivity index (χ3v) is 7.71. The van der Waals surface area contributed by atoms with Gasteiger partial charge in [-0.1, -0.05) is 42.5 Å². The number of benzene rings is 2. The second-order valence-corrected chi connectivity index (χ2v) is 9.98. The van der Waals surface area contributed by atoms with Gasteiger partial charge >= 0.3 is 0 Å². The lowest BCUT2D eigenvalue weighted by Gasteiger charge is -2.48. The molecular weight excluding hydrogens is 394 g/mol. The van der Waals surface area contributed by atoms with Crippen LogP contribution in [0.25, 0.3) is 16.6 Å². The number of nitrogens with zero attached hydrogens (tertiary/aromatic N) is 2. The lowest BCUT2D eigenvalue weighted by molar-refractivity contribution is -0.0574. The molecule has 1 heterocycles. The number of fused-ring (bicyclic) bond motifs is 3. The molecular formula is C28H35N3O. The summed E-state index contributed by atoms with van der Waals surface area (Å²) in [6.45, 7) is 4.16. The van der Waals surface area contributed by atoms with Gasteiger partial charge in [0.05, 0.1) is 16.6 Å². The van der Waals surface area contributed by atoms with E-state index in [9.17, 15) is 5.11 Å². The number of aromatic amines is 1. The number of imidazole rings is 1. The smallest absolute Gasteiger partial charge is 0.107 e. The van der Waals surface area contributed by atoms with Gasteiger partial charge in [-0.15, -0.1) is 0 Å². The predicted octanol–water partition coefficient (Wildman–Crippen LogP) is 5.37. The number of rotatable bonds is 8. The van der Waals surface area contributed by atoms with E-state index in [0.29, 0.717) is 5.92 Å². The van der Waals surface area contributed by atoms with Crippen molar-refractivity contribution in [1.82, 2.24) is 14.9 Å². The third kappa shape index (κ3) is 4.26. The van der Waals surface area contributed by atoms with Crippen LogP contribution < -0.4 is 0 Å². The largest absolute Gasteiger partial charge is 0.389 e. The monoisotopic (exact) mass is 429 g/mol. The van der Waals surface area contributed by atoms with Crippen molar-refractivity contribution in [2.75, 3.05) is 20.1 Å². The van der Waals surface area contributed by atoms with Crippen LogP contribution in [0.5, 0.6) is 0 Å². The van der Waals surface area contributed by atoms with Crippen LogP contribution in [-0.4, -0.2) is 45.7 Å². The van der Waals surface area contributed by atoms with E-state index in [1.54, 1.807) is 0 Å². The number of para-hydroxylation sites is 2. The van der Waals surface area contributed by atoms with Crippen molar-refractivity contribution in [3.05, 3.63) is 71.6 Å². The summed E-state index contributed by atoms with van der Waals surface area (Å²) in [5.74, 6) is 1.84. The topological polar surface area (TPSA) is 52.1 Å². The van der Waals surface area contributed by atoms with E-state index in [0.717, 1.165) is 62.1 Å². The molecule has 4 heteroatoms. The zero-order chi connectivity index (χ0) is 22.1. The summed E-state index contributed by atoms with van der Waals surface area (Å²) in [5, 5.41) is 11.5. The average Bonchev–Trinajstić information content (AvgIpc) is 3.21. The molecule has 0 spiro atoms. The highest BCUT2D eigenvalue weighted by molar-refractivity contribution is 5.74. The summed E-state index contributed by atoms with van der Waals surface area (Å²) in [4.78, 5) is 10.5. The molecule has 1 aromatic heterocycles. The van der Waals surface area contributed by atoms with Crippen LogP contribution in [0.4, 0.5) is 0 Å². The maximum Gasteiger partial charge on any atom is 0.107 e. The zero-order valence-electron chi connectivity index (χ0n) is 19.3. The molecule has 0 saturated heterocycles. The zero-order valence-corrected chi connectivity index (χ0v) is 19.3. The fourth-order valence-electron chi connectivity index (χ4n) is 5.82. The predicted molar refractivity (Wildman–Crippen MR) is 131 cm³/mol. The summed E-state index contributed by atoms with van der Waals surface area (Å²) in [7, 11) is 2.18. The average molecular weight is 430 g/mol. The fourth-order valence-corrected chi connectivity index (χ4v) is 5.82. The lowest BCUT2D eigenvalue weighted by atomic mass is 9.60. The number of aliphatic hydroxyl groups is 1. The molecule has 0 radical (unpaired) electrons. The number of aromatic nitrogens is 2. The van der Waals surface area contributed by atoms with Crippen molar-refractivity contribution in [1.29, 1.82) is 0 Å². The van der Waals surface area contributed by atoms with Gasteiger partial charge in [0, 0.05) is 18.9 Å². The maximum absolute atomic E-state index is 11.5. The molecule has 3 aliphatic rings. The van der Waals surface area contributed by atoms with Gasteiger partial charge in [0.1, 0.15) is 5.82 Å². The molecule has 0 amide bonds. The van der Waals surface area contributed by atoms with Gasteiger partial charge in [-0.25, -0.2) is 4.98 Å². The van der Waals surface area contributed by atoms with Crippen LogP contribution in [0.3, 0.4) is 0 Å². The molecule has 6 rings (SSSR count). The van der Waals surface area contributed by atoms with E-state index >= 15 is 0 Å². The normalized spacial score (nSPS) is 24.9. The Morgan fingerprint density at radius 2 is 1.91 bits per heavy atom. The summed E-state index contributed by atoms with van der Waals surface area (Å²) in [6, 6.07) is 16.9. The van der Waals surface area contributed by atoms with Gasteiger partial charge in [-0.2, -0.15) is 0 Å². The number of hydrogen-bond acceptors (Lipinski definition) is 3. The van der Waals surface area contributed by atoms with E-state index in [2.05, 4.69) is 71.3 Å². The molecule has 4 nitrogen and oxygen atoms in total. The highest BCUT2D eigenvalue weighted by Crippen LogP contribution is 2.51. The van der Waals surface area contributed by atoms with Gasteiger partial charge in [0.2, 0.25) is 0 Å². The number of aryl methyl sites for hydroxylation is 2. The van der Waals surface area contributed by atoms with Crippen LogP contribution >= 0.6 is 0 Å². The molecule has 3 aliphatic carbocycles. The first-order valence-electron chi connectivity index (χ1n) is 12.1. The van der Waals surface area contributed by atoms with Crippen molar-refractivity contribution >= 4 is 16.6 Å². The van der Waals surface area contributed by atoms with E-state index < -0.39 is 5.60 Å². The Kier molecular flexibility index (Phi) is 5.92. The van der Waals surface area contributed by atoms with Crippen molar-refractivity contribution in [3.63, 3.8) is 0 Å². The van der Waals surface area contributed by atoms with Crippen molar-refractivity contribution in [2.45, 2.75) is 51.0 Å². The van der Waals surface area contributed by atoms with Gasteiger partial charge in [0.25, 0.3) is 0 Å². The van der Waals surface area contributed by atoms with Crippen LogP contribution in [0.15, 0.2) is 54.6 Å². The Hall–Kier alpha value is -2.43. The molecule has 2 aromatic carbocycles. The molecule has 3 aromatic rings. The second kappa shape index (κ2) is 8.84. The minimum atomic E-state index is -0.553. The van der Waals surface area contributed by atoms with Gasteiger partial charge in [-0.05, 0) is 87.4 Å². The molecule has 2 N–H and O–H groups in total. The highest BCUT2D eigenvalue weighted by atomic mass is 16.3. The van der Waals surface area contributed by atoms with Gasteiger partial charge in [-0.3, -0.25) is 0 Å². The van der Waals surface area contributed by atoms with Crippen LogP contribution in [0, 0.1) is 18.8 Å². The minimum Gasteiger partial charge on any atom is -0.389 e. The second-order valence-electron chi connectivity index (χ2n) is 9.98. The van der Waals surface area contributed by atoms with Gasteiger partial charge < -0.3 is 15.0 Å². The van der Waals surface area contributed by atoms with Crippen molar-refractivity contribution < 1.29 is 5.11 Å². The van der Waals surface area contributed by atoms with Crippen LogP contribution in [0.2, 0.25) is 0 Å². The Morgan fingerprint density at radius 1 is 1.09 bits per heavy atom. The van der Waals surface area contributed by atoms with E-state index in [4.69, 9.17) is 0 Å². The minimum absolute atomic E-state index is 0.283. The SMILES string of the molecule is Cc1ccccc1C1=CC2CC[C@@H]1CC2(O)CCN(C)CCCc1nc2ccccc2[nH]1. The Morgan fingerprint density at radius 3 is 2.69 bits per heavy atom. The quantitative estimate of drug-likeness (QED) is 0.506. The standard InChI is InChI=1S/C28H35N3O/c1-20-8-3-4-9-23(20)24-18-22-14-13-21(24)19-28(22,32)15-17-31(2)16-7-12-27-29-25-10-5-6-11-26(25)30-27/h3-6,8-11,18,21-22,32H,7,12-17,19H2,1-2H3,(H,29,30)/t21-,22?,28?/m1/s1. The first-order valence-corrected chi connectivity index (χ1v) is 12.1. The summed E-state index contributed by atoms with van der Waals surface area (Å²) in [6.07, 6.45) is 8.51. The van der Waals surface area contributed by atoms with Gasteiger partial charge in [0.15, 0.2) is 0 Å². The first-order chi connectivity index (χ1) is 15.5. The molecule has 2 unspecified atom stereocenters. The molecule has 32 heavy (non-hydrogen) atoms. The van der Waals surface area contributed by atoms with Crippen molar-refractivity contribution in [3.8, 4) is 0 Å². The number of H-pyrrole nitrogens is 1. The lowest BCUT2D eigenvalue weighted by Crippen LogP contribution is -2.48. The molecule has 2 bridgehead atoms. The van der Waals surface area contributed by atoms with Crippen LogP contribution in [0.1, 0.15) is 49.1 Å². The summed E-state index contributed by atoms with van der Waals surface area (Å²) < 4.78 is 0. The first kappa shape index (κ1) is 21.4. The Bertz CT molecular complexity index is 1080. The van der Waals surface area contributed by atoms with E-state index in [-0.39, 0.29) is 5.92 Å². The van der Waals surface area contributed by atoms with Crippen molar-refractivity contribution in [2.24, 2.45) is 11.8 Å². The Balaban J connectivity index is 1.15. The highest BCUT2D eigenvalue weighted by Gasteiger charge is 2.46. The maximum atomic E-state index is 11.5. The molecule has 168 valence electrons. The molecule has 1 saturated carbocycles. The fraction of sp³-hybridized carbons (Fsp3) is 0.464. The molecule has 0 aliphatic heterocycles. The summed E-state index contributed by atoms with van der Waals surface area (Å²) >= 11 is 0.